The van der Waals surface area contributed by atoms with Gasteiger partial charge < -0.3 is 5.73 Å². The highest BCUT2D eigenvalue weighted by atomic mass is 35.5. The quantitative estimate of drug-likeness (QED) is 0.784. The van der Waals surface area contributed by atoms with E-state index in [0.717, 1.165) is 5.56 Å². The summed E-state index contributed by atoms with van der Waals surface area (Å²) in [4.78, 5) is 0. The molecule has 0 amide bonds. The van der Waals surface area contributed by atoms with Crippen molar-refractivity contribution < 1.29 is 4.39 Å². The number of rotatable bonds is 1. The molecule has 0 saturated carbocycles. The Morgan fingerprint density at radius 2 is 2.20 bits per heavy atom. The topological polar surface area (TPSA) is 54.7 Å². The summed E-state index contributed by atoms with van der Waals surface area (Å²) in [5.41, 5.74) is 7.43. The van der Waals surface area contributed by atoms with Gasteiger partial charge in [0.25, 0.3) is 0 Å². The van der Waals surface area contributed by atoms with Gasteiger partial charge in [-0.15, -0.1) is 0 Å². The Morgan fingerprint density at radius 3 is 2.73 bits per heavy atom. The maximum absolute atomic E-state index is 13.0. The average Bonchev–Trinajstić information content (AvgIpc) is 2.53. The predicted octanol–water partition coefficient (Wildman–Crippen LogP) is 2.76. The van der Waals surface area contributed by atoms with Crippen molar-refractivity contribution in [2.24, 2.45) is 0 Å². The number of halogens is 2. The number of anilines is 1. The van der Waals surface area contributed by atoms with Crippen molar-refractivity contribution in [1.82, 2.24) is 10.2 Å². The summed E-state index contributed by atoms with van der Waals surface area (Å²) in [6.45, 7) is 1.69. The van der Waals surface area contributed by atoms with Gasteiger partial charge in [-0.05, 0) is 30.7 Å². The molecule has 78 valence electrons. The SMILES string of the molecule is Cc1cc(-c2[nH]nc(N)c2Cl)ccc1F. The van der Waals surface area contributed by atoms with E-state index in [1.807, 2.05) is 0 Å². The van der Waals surface area contributed by atoms with Crippen LogP contribution in [-0.2, 0) is 0 Å². The lowest BCUT2D eigenvalue weighted by atomic mass is 10.1. The van der Waals surface area contributed by atoms with Crippen molar-refractivity contribution in [3.63, 3.8) is 0 Å². The molecule has 0 aliphatic rings. The molecule has 3 N–H and O–H groups in total. The molecular weight excluding hydrogens is 217 g/mol. The lowest BCUT2D eigenvalue weighted by molar-refractivity contribution is 0.619. The van der Waals surface area contributed by atoms with Crippen LogP contribution in [0.25, 0.3) is 11.3 Å². The second-order valence-electron chi connectivity index (χ2n) is 3.26. The van der Waals surface area contributed by atoms with Gasteiger partial charge >= 0.3 is 0 Å². The van der Waals surface area contributed by atoms with E-state index in [1.165, 1.54) is 6.07 Å². The van der Waals surface area contributed by atoms with E-state index in [2.05, 4.69) is 10.2 Å². The summed E-state index contributed by atoms with van der Waals surface area (Å²) < 4.78 is 13.0. The van der Waals surface area contributed by atoms with Crippen molar-refractivity contribution in [2.45, 2.75) is 6.92 Å². The molecule has 0 aliphatic heterocycles. The molecule has 0 fully saturated rings. The molecule has 0 radical (unpaired) electrons. The number of H-pyrrole nitrogens is 1. The van der Waals surface area contributed by atoms with E-state index in [9.17, 15) is 4.39 Å². The molecule has 1 heterocycles. The van der Waals surface area contributed by atoms with Crippen LogP contribution in [-0.4, -0.2) is 10.2 Å². The third-order valence-corrected chi connectivity index (χ3v) is 2.56. The van der Waals surface area contributed by atoms with Gasteiger partial charge in [0, 0.05) is 5.56 Å². The molecular formula is C10H9ClFN3. The fourth-order valence-electron chi connectivity index (χ4n) is 1.33. The first-order valence-corrected chi connectivity index (χ1v) is 4.73. The van der Waals surface area contributed by atoms with Crippen LogP contribution in [0.3, 0.4) is 0 Å². The van der Waals surface area contributed by atoms with Gasteiger partial charge in [0.1, 0.15) is 10.8 Å². The molecule has 0 spiro atoms. The Kier molecular flexibility index (Phi) is 2.36. The Hall–Kier alpha value is -1.55. The molecule has 0 saturated heterocycles. The second-order valence-corrected chi connectivity index (χ2v) is 3.64. The number of nitrogens with one attached hydrogen (secondary N) is 1. The van der Waals surface area contributed by atoms with Gasteiger partial charge in [-0.25, -0.2) is 4.39 Å². The molecule has 0 bridgehead atoms. The molecule has 1 aromatic carbocycles. The van der Waals surface area contributed by atoms with Crippen molar-refractivity contribution in [3.05, 3.63) is 34.6 Å². The highest BCUT2D eigenvalue weighted by Crippen LogP contribution is 2.30. The van der Waals surface area contributed by atoms with Crippen LogP contribution in [0, 0.1) is 12.7 Å². The van der Waals surface area contributed by atoms with Gasteiger partial charge in [0.2, 0.25) is 0 Å². The number of hydrogen-bond donors (Lipinski definition) is 2. The van der Waals surface area contributed by atoms with Crippen LogP contribution in [0.4, 0.5) is 10.2 Å². The van der Waals surface area contributed by atoms with Crippen LogP contribution in [0.2, 0.25) is 5.02 Å². The molecule has 2 aromatic rings. The smallest absolute Gasteiger partial charge is 0.164 e. The highest BCUT2D eigenvalue weighted by molar-refractivity contribution is 6.35. The first-order chi connectivity index (χ1) is 7.09. The fraction of sp³-hybridized carbons (Fsp3) is 0.100. The van der Waals surface area contributed by atoms with Gasteiger partial charge in [-0.1, -0.05) is 11.6 Å². The maximum Gasteiger partial charge on any atom is 0.164 e. The van der Waals surface area contributed by atoms with E-state index >= 15 is 0 Å². The van der Waals surface area contributed by atoms with Crippen molar-refractivity contribution in [2.75, 3.05) is 5.73 Å². The van der Waals surface area contributed by atoms with Crippen LogP contribution in [0.5, 0.6) is 0 Å². The third kappa shape index (κ3) is 1.68. The zero-order chi connectivity index (χ0) is 11.0. The molecule has 15 heavy (non-hydrogen) atoms. The first kappa shape index (κ1) is 9.98. The predicted molar refractivity (Wildman–Crippen MR) is 58.1 cm³/mol. The minimum Gasteiger partial charge on any atom is -0.381 e. The van der Waals surface area contributed by atoms with Crippen LogP contribution < -0.4 is 5.73 Å². The number of nitrogen functional groups attached to an aromatic ring is 1. The zero-order valence-electron chi connectivity index (χ0n) is 8.01. The summed E-state index contributed by atoms with van der Waals surface area (Å²) >= 11 is 5.92. The van der Waals surface area contributed by atoms with Gasteiger partial charge in [0.05, 0.1) is 5.69 Å². The van der Waals surface area contributed by atoms with Crippen molar-refractivity contribution >= 4 is 17.4 Å². The molecule has 0 atom stereocenters. The van der Waals surface area contributed by atoms with Gasteiger partial charge in [-0.3, -0.25) is 5.10 Å². The highest BCUT2D eigenvalue weighted by Gasteiger charge is 2.11. The lowest BCUT2D eigenvalue weighted by Crippen LogP contribution is -1.85. The first-order valence-electron chi connectivity index (χ1n) is 4.35. The second kappa shape index (κ2) is 3.55. The number of benzene rings is 1. The van der Waals surface area contributed by atoms with Gasteiger partial charge in [-0.2, -0.15) is 5.10 Å². The summed E-state index contributed by atoms with van der Waals surface area (Å²) in [6, 6.07) is 4.70. The summed E-state index contributed by atoms with van der Waals surface area (Å²) in [5, 5.41) is 6.84. The van der Waals surface area contributed by atoms with Gasteiger partial charge in [0.15, 0.2) is 5.82 Å². The Morgan fingerprint density at radius 1 is 1.47 bits per heavy atom. The normalized spacial score (nSPS) is 10.6. The maximum atomic E-state index is 13.0. The Bertz CT molecular complexity index is 507. The summed E-state index contributed by atoms with van der Waals surface area (Å²) in [6.07, 6.45) is 0. The van der Waals surface area contributed by atoms with Crippen LogP contribution >= 0.6 is 11.6 Å². The van der Waals surface area contributed by atoms with Crippen molar-refractivity contribution in [1.29, 1.82) is 0 Å². The number of nitrogens with two attached hydrogens (primary N) is 1. The molecule has 0 aliphatic carbocycles. The molecule has 1 aromatic heterocycles. The minimum atomic E-state index is -0.248. The van der Waals surface area contributed by atoms with Crippen molar-refractivity contribution in [3.8, 4) is 11.3 Å². The van der Waals surface area contributed by atoms with Crippen LogP contribution in [0.1, 0.15) is 5.56 Å². The summed E-state index contributed by atoms with van der Waals surface area (Å²) in [7, 11) is 0. The Labute approximate surface area is 91.1 Å². The number of aromatic amines is 1. The Balaban J connectivity index is 2.55. The van der Waals surface area contributed by atoms with Crippen LogP contribution in [0.15, 0.2) is 18.2 Å². The molecule has 2 rings (SSSR count). The fourth-order valence-corrected chi connectivity index (χ4v) is 1.53. The van der Waals surface area contributed by atoms with E-state index in [-0.39, 0.29) is 11.6 Å². The largest absolute Gasteiger partial charge is 0.381 e. The zero-order valence-corrected chi connectivity index (χ0v) is 8.77. The number of aromatic nitrogens is 2. The molecule has 5 heteroatoms. The number of aryl methyl sites for hydroxylation is 1. The number of hydrogen-bond acceptors (Lipinski definition) is 2. The third-order valence-electron chi connectivity index (χ3n) is 2.18. The molecule has 0 unspecified atom stereocenters. The summed E-state index contributed by atoms with van der Waals surface area (Å²) in [5.74, 6) is -0.00370. The van der Waals surface area contributed by atoms with E-state index in [1.54, 1.807) is 19.1 Å². The number of nitrogens with zero attached hydrogens (tertiary/aromatic N) is 1. The monoisotopic (exact) mass is 225 g/mol. The minimum absolute atomic E-state index is 0.244. The van der Waals surface area contributed by atoms with E-state index < -0.39 is 0 Å². The lowest BCUT2D eigenvalue weighted by Gasteiger charge is -2.01. The standard InChI is InChI=1S/C10H9ClFN3/c1-5-4-6(2-3-7(5)12)9-8(11)10(13)15-14-9/h2-4H,1H3,(H3,13,14,15). The average molecular weight is 226 g/mol. The molecule has 3 nitrogen and oxygen atoms in total. The van der Waals surface area contributed by atoms with E-state index in [0.29, 0.717) is 16.3 Å². The van der Waals surface area contributed by atoms with E-state index in [4.69, 9.17) is 17.3 Å².